The first-order valence-corrected chi connectivity index (χ1v) is 9.87. The SMILES string of the molecule is CC(CN(C(=O)c1ccc([N+](=O)[O-])cc1)c1ccccc1NC=O)NC(=O)OC(C)(C)C. The maximum atomic E-state index is 13.3. The zero-order valence-electron chi connectivity index (χ0n) is 18.3. The fraction of sp³-hybridized carbons (Fsp3) is 0.318. The summed E-state index contributed by atoms with van der Waals surface area (Å²) in [6, 6.07) is 11.4. The van der Waals surface area contributed by atoms with E-state index in [1.807, 2.05) is 0 Å². The van der Waals surface area contributed by atoms with Crippen molar-refractivity contribution in [3.8, 4) is 0 Å². The number of carbonyl (C=O) groups is 3. The second kappa shape index (κ2) is 10.4. The van der Waals surface area contributed by atoms with Crippen molar-refractivity contribution >= 4 is 35.5 Å². The van der Waals surface area contributed by atoms with Gasteiger partial charge >= 0.3 is 6.09 Å². The second-order valence-corrected chi connectivity index (χ2v) is 8.05. The van der Waals surface area contributed by atoms with E-state index in [0.29, 0.717) is 17.8 Å². The second-order valence-electron chi connectivity index (χ2n) is 8.05. The van der Waals surface area contributed by atoms with Crippen molar-refractivity contribution < 1.29 is 24.0 Å². The highest BCUT2D eigenvalue weighted by Gasteiger charge is 2.25. The number of amides is 3. The number of benzene rings is 2. The van der Waals surface area contributed by atoms with Crippen LogP contribution in [-0.2, 0) is 9.53 Å². The van der Waals surface area contributed by atoms with E-state index in [4.69, 9.17) is 4.74 Å². The van der Waals surface area contributed by atoms with Crippen LogP contribution in [0.25, 0.3) is 0 Å². The smallest absolute Gasteiger partial charge is 0.407 e. The minimum atomic E-state index is -0.682. The zero-order valence-corrected chi connectivity index (χ0v) is 18.3. The van der Waals surface area contributed by atoms with E-state index < -0.39 is 28.6 Å². The molecule has 32 heavy (non-hydrogen) atoms. The Hall–Kier alpha value is -3.95. The number of nitrogens with zero attached hydrogens (tertiary/aromatic N) is 2. The molecule has 0 aliphatic rings. The van der Waals surface area contributed by atoms with Crippen LogP contribution in [0, 0.1) is 10.1 Å². The standard InChI is InChI=1S/C22H26N4O6/c1-15(24-21(29)32-22(2,3)4)13-25(19-8-6-5-7-18(19)23-14-27)20(28)16-9-11-17(12-10-16)26(30)31/h5-12,14-15H,13H2,1-4H3,(H,23,27)(H,24,29). The maximum Gasteiger partial charge on any atom is 0.407 e. The number of non-ortho nitro benzene ring substituents is 1. The Bertz CT molecular complexity index is 985. The molecule has 0 heterocycles. The maximum absolute atomic E-state index is 13.3. The molecule has 10 nitrogen and oxygen atoms in total. The number of hydrogen-bond donors (Lipinski definition) is 2. The molecule has 0 aliphatic heterocycles. The Morgan fingerprint density at radius 3 is 2.34 bits per heavy atom. The monoisotopic (exact) mass is 442 g/mol. The van der Waals surface area contributed by atoms with Crippen molar-refractivity contribution in [3.63, 3.8) is 0 Å². The van der Waals surface area contributed by atoms with E-state index in [9.17, 15) is 24.5 Å². The van der Waals surface area contributed by atoms with Crippen molar-refractivity contribution in [1.29, 1.82) is 0 Å². The lowest BCUT2D eigenvalue weighted by Crippen LogP contribution is -2.46. The molecule has 1 atom stereocenters. The number of hydrogen-bond acceptors (Lipinski definition) is 6. The van der Waals surface area contributed by atoms with Gasteiger partial charge in [0.05, 0.1) is 16.3 Å². The molecule has 0 bridgehead atoms. The third kappa shape index (κ3) is 6.79. The summed E-state index contributed by atoms with van der Waals surface area (Å²) in [5, 5.41) is 16.2. The molecule has 0 aromatic heterocycles. The van der Waals surface area contributed by atoms with E-state index in [1.165, 1.54) is 29.2 Å². The molecular weight excluding hydrogens is 416 g/mol. The van der Waals surface area contributed by atoms with Crippen LogP contribution in [-0.4, -0.2) is 41.5 Å². The molecule has 2 rings (SSSR count). The van der Waals surface area contributed by atoms with Crippen LogP contribution in [0.2, 0.25) is 0 Å². The lowest BCUT2D eigenvalue weighted by molar-refractivity contribution is -0.384. The molecule has 2 N–H and O–H groups in total. The average Bonchev–Trinajstić information content (AvgIpc) is 2.71. The van der Waals surface area contributed by atoms with Gasteiger partial charge in [0.15, 0.2) is 0 Å². The molecule has 0 saturated carbocycles. The third-order valence-electron chi connectivity index (χ3n) is 4.20. The number of para-hydroxylation sites is 2. The van der Waals surface area contributed by atoms with Crippen LogP contribution in [0.5, 0.6) is 0 Å². The van der Waals surface area contributed by atoms with Crippen LogP contribution in [0.1, 0.15) is 38.1 Å². The molecule has 2 aromatic carbocycles. The largest absolute Gasteiger partial charge is 0.444 e. The number of nitro benzene ring substituents is 1. The van der Waals surface area contributed by atoms with E-state index in [1.54, 1.807) is 52.0 Å². The Balaban J connectivity index is 2.35. The van der Waals surface area contributed by atoms with E-state index in [2.05, 4.69) is 10.6 Å². The lowest BCUT2D eigenvalue weighted by atomic mass is 10.1. The Morgan fingerprint density at radius 1 is 1.16 bits per heavy atom. The summed E-state index contributed by atoms with van der Waals surface area (Å²) < 4.78 is 5.26. The summed E-state index contributed by atoms with van der Waals surface area (Å²) in [5.74, 6) is -0.460. The average molecular weight is 442 g/mol. The Morgan fingerprint density at radius 2 is 1.78 bits per heavy atom. The van der Waals surface area contributed by atoms with Gasteiger partial charge in [-0.15, -0.1) is 0 Å². The van der Waals surface area contributed by atoms with Crippen LogP contribution >= 0.6 is 0 Å². The molecule has 3 amide bonds. The van der Waals surface area contributed by atoms with Crippen molar-refractivity contribution in [3.05, 3.63) is 64.2 Å². The lowest BCUT2D eigenvalue weighted by Gasteiger charge is -2.29. The predicted octanol–water partition coefficient (Wildman–Crippen LogP) is 3.72. The Labute approximate surface area is 185 Å². The van der Waals surface area contributed by atoms with Gasteiger partial charge in [-0.25, -0.2) is 4.79 Å². The number of nitrogens with one attached hydrogen (secondary N) is 2. The molecule has 10 heteroatoms. The van der Waals surface area contributed by atoms with Gasteiger partial charge in [0, 0.05) is 30.3 Å². The molecule has 0 fully saturated rings. The molecule has 2 aromatic rings. The van der Waals surface area contributed by atoms with Gasteiger partial charge in [-0.1, -0.05) is 12.1 Å². The third-order valence-corrected chi connectivity index (χ3v) is 4.20. The molecule has 0 radical (unpaired) electrons. The molecule has 0 saturated heterocycles. The van der Waals surface area contributed by atoms with Crippen molar-refractivity contribution in [2.24, 2.45) is 0 Å². The number of alkyl carbamates (subject to hydrolysis) is 1. The number of rotatable bonds is 8. The summed E-state index contributed by atoms with van der Waals surface area (Å²) in [7, 11) is 0. The first-order valence-electron chi connectivity index (χ1n) is 9.87. The summed E-state index contributed by atoms with van der Waals surface area (Å²) in [6.07, 6.45) is -0.137. The minimum Gasteiger partial charge on any atom is -0.444 e. The van der Waals surface area contributed by atoms with Crippen LogP contribution in [0.15, 0.2) is 48.5 Å². The van der Waals surface area contributed by atoms with E-state index >= 15 is 0 Å². The molecule has 0 spiro atoms. The molecule has 170 valence electrons. The summed E-state index contributed by atoms with van der Waals surface area (Å²) >= 11 is 0. The van der Waals surface area contributed by atoms with Crippen LogP contribution < -0.4 is 15.5 Å². The Kier molecular flexibility index (Phi) is 7.89. The highest BCUT2D eigenvalue weighted by molar-refractivity contribution is 6.08. The normalized spacial score (nSPS) is 11.8. The van der Waals surface area contributed by atoms with Gasteiger partial charge in [-0.3, -0.25) is 19.7 Å². The van der Waals surface area contributed by atoms with Crippen molar-refractivity contribution in [1.82, 2.24) is 5.32 Å². The van der Waals surface area contributed by atoms with Gasteiger partial charge in [0.2, 0.25) is 6.41 Å². The summed E-state index contributed by atoms with van der Waals surface area (Å²) in [6.45, 7) is 6.97. The fourth-order valence-electron chi connectivity index (χ4n) is 2.90. The highest BCUT2D eigenvalue weighted by atomic mass is 16.6. The van der Waals surface area contributed by atoms with Gasteiger partial charge in [-0.05, 0) is 52.0 Å². The van der Waals surface area contributed by atoms with Crippen LogP contribution in [0.3, 0.4) is 0 Å². The first kappa shape index (κ1) is 24.3. The van der Waals surface area contributed by atoms with Gasteiger partial charge in [0.25, 0.3) is 11.6 Å². The van der Waals surface area contributed by atoms with E-state index in [-0.39, 0.29) is 17.8 Å². The molecular formula is C22H26N4O6. The minimum absolute atomic E-state index is 0.0482. The highest BCUT2D eigenvalue weighted by Crippen LogP contribution is 2.27. The van der Waals surface area contributed by atoms with E-state index in [0.717, 1.165) is 0 Å². The van der Waals surface area contributed by atoms with Crippen molar-refractivity contribution in [2.45, 2.75) is 39.3 Å². The quantitative estimate of drug-likeness (QED) is 0.364. The predicted molar refractivity (Wildman–Crippen MR) is 120 cm³/mol. The molecule has 0 aliphatic carbocycles. The first-order chi connectivity index (χ1) is 15.0. The van der Waals surface area contributed by atoms with Gasteiger partial charge in [0.1, 0.15) is 5.60 Å². The summed E-state index contributed by atoms with van der Waals surface area (Å²) in [5.41, 5.74) is 0.179. The summed E-state index contributed by atoms with van der Waals surface area (Å²) in [4.78, 5) is 48.3. The van der Waals surface area contributed by atoms with Crippen LogP contribution in [0.4, 0.5) is 21.9 Å². The van der Waals surface area contributed by atoms with Crippen molar-refractivity contribution in [2.75, 3.05) is 16.8 Å². The number of ether oxygens (including phenoxy) is 1. The number of carbonyl (C=O) groups excluding carboxylic acids is 3. The molecule has 1 unspecified atom stereocenters. The zero-order chi connectivity index (χ0) is 23.9. The topological polar surface area (TPSA) is 131 Å². The fourth-order valence-corrected chi connectivity index (χ4v) is 2.90. The van der Waals surface area contributed by atoms with Gasteiger partial charge < -0.3 is 20.3 Å². The van der Waals surface area contributed by atoms with Gasteiger partial charge in [-0.2, -0.15) is 0 Å². The number of anilines is 2. The number of nitro groups is 1.